The average molecular weight is 299 g/mol. The van der Waals surface area contributed by atoms with Crippen molar-refractivity contribution in [3.8, 4) is 0 Å². The molecule has 0 aromatic rings. The van der Waals surface area contributed by atoms with Gasteiger partial charge in [0.05, 0.1) is 0 Å². The van der Waals surface area contributed by atoms with Crippen molar-refractivity contribution >= 4 is 25.2 Å². The third kappa shape index (κ3) is 5.45. The van der Waals surface area contributed by atoms with Crippen LogP contribution in [0.15, 0.2) is 49.5 Å². The van der Waals surface area contributed by atoms with Crippen LogP contribution in [0.4, 0.5) is 0 Å². The van der Waals surface area contributed by atoms with E-state index in [0.29, 0.717) is 0 Å². The van der Waals surface area contributed by atoms with Crippen LogP contribution in [0.25, 0.3) is 0 Å². The van der Waals surface area contributed by atoms with E-state index < -0.39 is 25.2 Å². The smallest absolute Gasteiger partial charge is 0.311 e. The lowest BCUT2D eigenvalue weighted by molar-refractivity contribution is 0.400. The maximum Gasteiger partial charge on any atom is 0.311 e. The highest BCUT2D eigenvalue weighted by molar-refractivity contribution is 6.95. The van der Waals surface area contributed by atoms with Crippen LogP contribution in [0.3, 0.4) is 0 Å². The Hall–Kier alpha value is -0.469. The summed E-state index contributed by atoms with van der Waals surface area (Å²) in [6.07, 6.45) is 1.93. The Labute approximate surface area is 115 Å². The van der Waals surface area contributed by atoms with Gasteiger partial charge in [0.1, 0.15) is 0 Å². The molecule has 0 aromatic heterocycles. The molecule has 0 radical (unpaired) electrons. The lowest BCUT2D eigenvalue weighted by atomic mass is 10.8. The Morgan fingerprint density at radius 2 is 1.28 bits per heavy atom. The number of hydrogen-bond acceptors (Lipinski definition) is 2. The van der Waals surface area contributed by atoms with Crippen LogP contribution in [0.1, 0.15) is 0 Å². The van der Waals surface area contributed by atoms with E-state index in [1.165, 1.54) is 0 Å². The monoisotopic (exact) mass is 298 g/mol. The first-order chi connectivity index (χ1) is 8.16. The maximum absolute atomic E-state index is 6.30. The molecular formula is C13H26O2Si3. The average Bonchev–Trinajstić information content (AvgIpc) is 2.24. The van der Waals surface area contributed by atoms with E-state index in [4.69, 9.17) is 8.23 Å². The van der Waals surface area contributed by atoms with Crippen LogP contribution in [-0.2, 0) is 8.23 Å². The molecule has 0 atom stereocenters. The second-order valence-electron chi connectivity index (χ2n) is 5.32. The molecular weight excluding hydrogens is 272 g/mol. The van der Waals surface area contributed by atoms with E-state index in [2.05, 4.69) is 52.5 Å². The van der Waals surface area contributed by atoms with Gasteiger partial charge in [0.2, 0.25) is 0 Å². The van der Waals surface area contributed by atoms with Gasteiger partial charge in [-0.15, -0.1) is 26.3 Å². The zero-order valence-corrected chi connectivity index (χ0v) is 15.2. The van der Waals surface area contributed by atoms with Crippen molar-refractivity contribution in [1.82, 2.24) is 0 Å². The summed E-state index contributed by atoms with van der Waals surface area (Å²) in [5.74, 6) is 0. The van der Waals surface area contributed by atoms with E-state index in [1.54, 1.807) is 0 Å². The van der Waals surface area contributed by atoms with Crippen LogP contribution < -0.4 is 0 Å². The van der Waals surface area contributed by atoms with Gasteiger partial charge in [-0.1, -0.05) is 23.2 Å². The minimum atomic E-state index is -2.25. The number of rotatable bonds is 9. The maximum atomic E-state index is 6.30. The molecule has 0 saturated carbocycles. The summed E-state index contributed by atoms with van der Waals surface area (Å²) in [5.41, 5.74) is 5.52. The lowest BCUT2D eigenvalue weighted by Crippen LogP contribution is -2.52. The van der Waals surface area contributed by atoms with E-state index in [0.717, 1.165) is 6.04 Å². The molecule has 18 heavy (non-hydrogen) atoms. The van der Waals surface area contributed by atoms with E-state index in [1.807, 2.05) is 23.2 Å². The molecule has 2 nitrogen and oxygen atoms in total. The summed E-state index contributed by atoms with van der Waals surface area (Å²) in [5, 5.41) is 0. The van der Waals surface area contributed by atoms with E-state index in [9.17, 15) is 0 Å². The predicted molar refractivity (Wildman–Crippen MR) is 88.5 cm³/mol. The second-order valence-corrected chi connectivity index (χ2v) is 16.6. The van der Waals surface area contributed by atoms with Crippen molar-refractivity contribution in [1.29, 1.82) is 0 Å². The number of allylic oxidation sites excluding steroid dienone is 1. The molecule has 0 aliphatic heterocycles. The van der Waals surface area contributed by atoms with Gasteiger partial charge in [0.15, 0.2) is 8.32 Å². The first-order valence-electron chi connectivity index (χ1n) is 6.08. The predicted octanol–water partition coefficient (Wildman–Crippen LogP) is 4.23. The zero-order chi connectivity index (χ0) is 14.4. The molecule has 0 spiro atoms. The van der Waals surface area contributed by atoms with Crippen LogP contribution in [-0.4, -0.2) is 25.2 Å². The van der Waals surface area contributed by atoms with Gasteiger partial charge >= 0.3 is 8.56 Å². The van der Waals surface area contributed by atoms with E-state index in [-0.39, 0.29) is 0 Å². The van der Waals surface area contributed by atoms with Crippen molar-refractivity contribution in [2.45, 2.75) is 32.2 Å². The Morgan fingerprint density at radius 3 is 1.61 bits per heavy atom. The minimum Gasteiger partial charge on any atom is -0.436 e. The quantitative estimate of drug-likeness (QED) is 0.468. The largest absolute Gasteiger partial charge is 0.436 e. The van der Waals surface area contributed by atoms with E-state index >= 15 is 0 Å². The van der Waals surface area contributed by atoms with Gasteiger partial charge < -0.3 is 8.23 Å². The molecule has 0 heterocycles. The molecule has 0 fully saturated rings. The van der Waals surface area contributed by atoms with Gasteiger partial charge in [-0.3, -0.25) is 0 Å². The van der Waals surface area contributed by atoms with Gasteiger partial charge in [0.25, 0.3) is 8.32 Å². The minimum absolute atomic E-state index is 0.928. The van der Waals surface area contributed by atoms with Crippen LogP contribution in [0.2, 0.25) is 32.2 Å². The third-order valence-corrected chi connectivity index (χ3v) is 13.3. The molecule has 0 amide bonds. The summed E-state index contributed by atoms with van der Waals surface area (Å²) >= 11 is 0. The van der Waals surface area contributed by atoms with Crippen molar-refractivity contribution in [3.05, 3.63) is 49.5 Å². The topological polar surface area (TPSA) is 18.5 Å². The molecule has 0 aliphatic carbocycles. The third-order valence-electron chi connectivity index (χ3n) is 2.54. The molecule has 0 saturated heterocycles. The van der Waals surface area contributed by atoms with Gasteiger partial charge in [-0.25, -0.2) is 0 Å². The highest BCUT2D eigenvalue weighted by Gasteiger charge is 2.39. The molecule has 0 N–H and O–H groups in total. The Bertz CT molecular complexity index is 313. The van der Waals surface area contributed by atoms with Crippen LogP contribution >= 0.6 is 0 Å². The summed E-state index contributed by atoms with van der Waals surface area (Å²) in [6, 6.07) is 0.928. The highest BCUT2D eigenvalue weighted by atomic mass is 28.5. The molecule has 0 bridgehead atoms. The van der Waals surface area contributed by atoms with Crippen molar-refractivity contribution < 1.29 is 8.23 Å². The summed E-state index contributed by atoms with van der Waals surface area (Å²) in [4.78, 5) is 0. The summed E-state index contributed by atoms with van der Waals surface area (Å²) in [7, 11) is -6.20. The molecule has 0 aliphatic rings. The zero-order valence-electron chi connectivity index (χ0n) is 12.2. The standard InChI is InChI=1S/C13H26O2Si3/c1-9-13-16(5,6)14-17(7,8)15-18(10-2,11-3)12-4/h9-12H,1-4,13H2,5-8H3. The Kier molecular flexibility index (Phi) is 6.45. The fraction of sp³-hybridized carbons (Fsp3) is 0.385. The molecule has 102 valence electrons. The van der Waals surface area contributed by atoms with Gasteiger partial charge in [-0.2, -0.15) is 0 Å². The van der Waals surface area contributed by atoms with Crippen molar-refractivity contribution in [2.24, 2.45) is 0 Å². The van der Waals surface area contributed by atoms with Crippen LogP contribution in [0.5, 0.6) is 0 Å². The molecule has 0 aromatic carbocycles. The van der Waals surface area contributed by atoms with Crippen molar-refractivity contribution in [2.75, 3.05) is 0 Å². The Balaban J connectivity index is 4.94. The molecule has 0 unspecified atom stereocenters. The highest BCUT2D eigenvalue weighted by Crippen LogP contribution is 2.24. The number of hydrogen-bond donors (Lipinski definition) is 0. The molecule has 5 heteroatoms. The van der Waals surface area contributed by atoms with Crippen molar-refractivity contribution in [3.63, 3.8) is 0 Å². The fourth-order valence-electron chi connectivity index (χ4n) is 1.88. The SMILES string of the molecule is C=CC[Si](C)(C)O[Si](C)(C)O[Si](C=C)(C=C)C=C. The first-order valence-corrected chi connectivity index (χ1v) is 14.1. The lowest BCUT2D eigenvalue weighted by Gasteiger charge is -2.37. The van der Waals surface area contributed by atoms with Gasteiger partial charge in [-0.05, 0) is 32.2 Å². The summed E-state index contributed by atoms with van der Waals surface area (Å²) in [6.45, 7) is 23.8. The first kappa shape index (κ1) is 17.5. The second kappa shape index (κ2) is 6.63. The summed E-state index contributed by atoms with van der Waals surface area (Å²) < 4.78 is 12.6. The normalized spacial score (nSPS) is 12.9. The van der Waals surface area contributed by atoms with Gasteiger partial charge in [0, 0.05) is 0 Å². The Morgan fingerprint density at radius 1 is 0.833 bits per heavy atom. The fourth-order valence-corrected chi connectivity index (χ4v) is 13.7. The van der Waals surface area contributed by atoms with Crippen LogP contribution in [0, 0.1) is 0 Å². The molecule has 0 rings (SSSR count).